The van der Waals surface area contributed by atoms with E-state index < -0.39 is 15.7 Å². The summed E-state index contributed by atoms with van der Waals surface area (Å²) in [7, 11) is -3.06. The molecule has 1 aliphatic heterocycles. The normalized spacial score (nSPS) is 18.4. The van der Waals surface area contributed by atoms with Crippen LogP contribution in [0.5, 0.6) is 5.75 Å². The van der Waals surface area contributed by atoms with Gasteiger partial charge in [-0.05, 0) is 43.2 Å². The van der Waals surface area contributed by atoms with E-state index in [4.69, 9.17) is 9.15 Å². The molecule has 0 aliphatic carbocycles. The van der Waals surface area contributed by atoms with Crippen molar-refractivity contribution in [2.24, 2.45) is 0 Å². The lowest BCUT2D eigenvalue weighted by molar-refractivity contribution is -0.123. The van der Waals surface area contributed by atoms with Crippen molar-refractivity contribution in [1.82, 2.24) is 5.32 Å². The molecule has 7 nitrogen and oxygen atoms in total. The molecule has 1 N–H and O–H groups in total. The molecule has 1 aromatic heterocycles. The van der Waals surface area contributed by atoms with Crippen LogP contribution < -0.4 is 15.5 Å². The topological polar surface area (TPSA) is 103 Å². The molecule has 1 fully saturated rings. The second-order valence-corrected chi connectivity index (χ2v) is 9.27. The molecule has 1 amide bonds. The largest absolute Gasteiger partial charge is 0.484 e. The van der Waals surface area contributed by atoms with Crippen LogP contribution in [-0.4, -0.2) is 38.5 Å². The predicted octanol–water partition coefficient (Wildman–Crippen LogP) is 1.94. The fourth-order valence-electron chi connectivity index (χ4n) is 3.36. The Morgan fingerprint density at radius 3 is 2.61 bits per heavy atom. The molecule has 0 radical (unpaired) electrons. The zero-order valence-corrected chi connectivity index (χ0v) is 16.0. The number of hydrogen-bond acceptors (Lipinski definition) is 6. The van der Waals surface area contributed by atoms with Crippen LogP contribution in [0.15, 0.2) is 45.6 Å². The van der Waals surface area contributed by atoms with Gasteiger partial charge in [-0.1, -0.05) is 6.07 Å². The Labute approximate surface area is 161 Å². The zero-order chi connectivity index (χ0) is 19.9. The van der Waals surface area contributed by atoms with Crippen LogP contribution in [0, 0.1) is 6.92 Å². The van der Waals surface area contributed by atoms with Gasteiger partial charge in [-0.2, -0.15) is 0 Å². The summed E-state index contributed by atoms with van der Waals surface area (Å²) < 4.78 is 34.2. The Hall–Kier alpha value is -2.87. The second-order valence-electron chi connectivity index (χ2n) is 7.04. The first-order valence-corrected chi connectivity index (χ1v) is 10.7. The average molecular weight is 401 g/mol. The first-order chi connectivity index (χ1) is 13.3. The Morgan fingerprint density at radius 1 is 1.18 bits per heavy atom. The van der Waals surface area contributed by atoms with E-state index in [1.54, 1.807) is 30.3 Å². The van der Waals surface area contributed by atoms with Crippen molar-refractivity contribution in [3.05, 3.63) is 52.2 Å². The van der Waals surface area contributed by atoms with E-state index in [9.17, 15) is 18.0 Å². The van der Waals surface area contributed by atoms with Gasteiger partial charge < -0.3 is 14.5 Å². The van der Waals surface area contributed by atoms with Gasteiger partial charge in [-0.3, -0.25) is 9.59 Å². The summed E-state index contributed by atoms with van der Waals surface area (Å²) >= 11 is 0. The molecule has 2 aromatic carbocycles. The van der Waals surface area contributed by atoms with Crippen LogP contribution in [0.2, 0.25) is 0 Å². The van der Waals surface area contributed by atoms with Gasteiger partial charge in [-0.15, -0.1) is 0 Å². The second kappa shape index (κ2) is 6.94. The standard InChI is InChI=1S/C20H19NO6S/c1-12-2-4-15-17(8-12)27-18-9-14(3-5-16(18)20(15)23)26-10-19(22)21-13-6-7-28(24,25)11-13/h2-5,8-9,13H,6-7,10-11H2,1H3,(H,21,22)/t13-/m0/s1. The summed E-state index contributed by atoms with van der Waals surface area (Å²) in [4.78, 5) is 24.6. The number of benzene rings is 2. The van der Waals surface area contributed by atoms with Crippen LogP contribution >= 0.6 is 0 Å². The lowest BCUT2D eigenvalue weighted by Gasteiger charge is -2.12. The predicted molar refractivity (Wildman–Crippen MR) is 105 cm³/mol. The minimum absolute atomic E-state index is 0.0354. The fourth-order valence-corrected chi connectivity index (χ4v) is 5.03. The van der Waals surface area contributed by atoms with E-state index >= 15 is 0 Å². The highest BCUT2D eigenvalue weighted by molar-refractivity contribution is 7.91. The number of nitrogens with one attached hydrogen (secondary N) is 1. The number of ether oxygens (including phenoxy) is 1. The molecule has 4 rings (SSSR count). The van der Waals surface area contributed by atoms with Gasteiger partial charge in [0, 0.05) is 12.1 Å². The number of fused-ring (bicyclic) bond motifs is 2. The van der Waals surface area contributed by atoms with Crippen molar-refractivity contribution >= 4 is 37.7 Å². The molecule has 2 heterocycles. The molecule has 8 heteroatoms. The van der Waals surface area contributed by atoms with Gasteiger partial charge in [0.15, 0.2) is 16.4 Å². The molecule has 1 aliphatic rings. The fraction of sp³-hybridized carbons (Fsp3) is 0.300. The number of carbonyl (C=O) groups excluding carboxylic acids is 1. The van der Waals surface area contributed by atoms with Crippen molar-refractivity contribution in [1.29, 1.82) is 0 Å². The molecule has 1 atom stereocenters. The maximum atomic E-state index is 12.6. The Bertz CT molecular complexity index is 1240. The maximum Gasteiger partial charge on any atom is 0.258 e. The van der Waals surface area contributed by atoms with Crippen molar-refractivity contribution < 1.29 is 22.4 Å². The minimum atomic E-state index is -3.06. The zero-order valence-electron chi connectivity index (χ0n) is 15.2. The first-order valence-electron chi connectivity index (χ1n) is 8.90. The SMILES string of the molecule is Cc1ccc2c(=O)c3ccc(OCC(=O)N[C@H]4CCS(=O)(=O)C4)cc3oc2c1. The van der Waals surface area contributed by atoms with E-state index in [0.717, 1.165) is 5.56 Å². The first kappa shape index (κ1) is 18.5. The number of aryl methyl sites for hydroxylation is 1. The Balaban J connectivity index is 1.51. The van der Waals surface area contributed by atoms with Crippen molar-refractivity contribution in [2.75, 3.05) is 18.1 Å². The van der Waals surface area contributed by atoms with Gasteiger partial charge in [0.25, 0.3) is 5.91 Å². The number of sulfone groups is 1. The molecule has 146 valence electrons. The van der Waals surface area contributed by atoms with Crippen molar-refractivity contribution in [3.63, 3.8) is 0 Å². The van der Waals surface area contributed by atoms with Crippen LogP contribution in [0.1, 0.15) is 12.0 Å². The van der Waals surface area contributed by atoms with E-state index in [0.29, 0.717) is 34.1 Å². The third-order valence-electron chi connectivity index (χ3n) is 4.77. The molecule has 0 unspecified atom stereocenters. The van der Waals surface area contributed by atoms with Crippen LogP contribution in [0.4, 0.5) is 0 Å². The van der Waals surface area contributed by atoms with Gasteiger partial charge in [-0.25, -0.2) is 8.42 Å². The third kappa shape index (κ3) is 3.73. The van der Waals surface area contributed by atoms with Crippen LogP contribution in [0.3, 0.4) is 0 Å². The summed E-state index contributed by atoms with van der Waals surface area (Å²) in [6, 6.07) is 9.82. The summed E-state index contributed by atoms with van der Waals surface area (Å²) in [5, 5.41) is 3.61. The average Bonchev–Trinajstić information content (AvgIpc) is 2.98. The monoisotopic (exact) mass is 401 g/mol. The van der Waals surface area contributed by atoms with Gasteiger partial charge >= 0.3 is 0 Å². The van der Waals surface area contributed by atoms with Crippen molar-refractivity contribution in [2.45, 2.75) is 19.4 Å². The molecular formula is C20H19NO6S. The maximum absolute atomic E-state index is 12.6. The molecule has 3 aromatic rings. The summed E-state index contributed by atoms with van der Waals surface area (Å²) in [5.74, 6) is 0.0529. The molecular weight excluding hydrogens is 382 g/mol. The van der Waals surface area contributed by atoms with E-state index in [-0.39, 0.29) is 29.6 Å². The van der Waals surface area contributed by atoms with E-state index in [1.165, 1.54) is 0 Å². The number of carbonyl (C=O) groups is 1. The summed E-state index contributed by atoms with van der Waals surface area (Å²) in [6.07, 6.45) is 0.418. The molecule has 0 bridgehead atoms. The van der Waals surface area contributed by atoms with Gasteiger partial charge in [0.2, 0.25) is 5.43 Å². The van der Waals surface area contributed by atoms with Crippen LogP contribution in [0.25, 0.3) is 21.9 Å². The summed E-state index contributed by atoms with van der Waals surface area (Å²) in [6.45, 7) is 1.66. The highest BCUT2D eigenvalue weighted by Gasteiger charge is 2.28. The van der Waals surface area contributed by atoms with Gasteiger partial charge in [0.1, 0.15) is 16.9 Å². The molecule has 0 spiro atoms. The number of amides is 1. The minimum Gasteiger partial charge on any atom is -0.484 e. The third-order valence-corrected chi connectivity index (χ3v) is 6.53. The lowest BCUT2D eigenvalue weighted by atomic mass is 10.1. The smallest absolute Gasteiger partial charge is 0.258 e. The molecule has 0 saturated carbocycles. The van der Waals surface area contributed by atoms with E-state index in [1.807, 2.05) is 13.0 Å². The number of hydrogen-bond donors (Lipinski definition) is 1. The van der Waals surface area contributed by atoms with E-state index in [2.05, 4.69) is 5.32 Å². The van der Waals surface area contributed by atoms with Gasteiger partial charge in [0.05, 0.1) is 22.3 Å². The number of rotatable bonds is 4. The summed E-state index contributed by atoms with van der Waals surface area (Å²) in [5.41, 5.74) is 1.73. The highest BCUT2D eigenvalue weighted by Crippen LogP contribution is 2.23. The molecule has 28 heavy (non-hydrogen) atoms. The Kier molecular flexibility index (Phi) is 4.58. The quantitative estimate of drug-likeness (QED) is 0.670. The highest BCUT2D eigenvalue weighted by atomic mass is 32.2. The van der Waals surface area contributed by atoms with Crippen molar-refractivity contribution in [3.8, 4) is 5.75 Å². The Morgan fingerprint density at radius 2 is 1.89 bits per heavy atom. The lowest BCUT2D eigenvalue weighted by Crippen LogP contribution is -2.38. The van der Waals surface area contributed by atoms with Crippen LogP contribution in [-0.2, 0) is 14.6 Å². The molecule has 1 saturated heterocycles.